The lowest BCUT2D eigenvalue weighted by atomic mass is 10.1. The molecule has 0 saturated carbocycles. The van der Waals surface area contributed by atoms with Gasteiger partial charge in [0.2, 0.25) is 0 Å². The third kappa shape index (κ3) is 9.29. The van der Waals surface area contributed by atoms with E-state index in [0.29, 0.717) is 19.5 Å². The number of piperidine rings is 1. The van der Waals surface area contributed by atoms with Crippen LogP contribution in [0.4, 0.5) is 0 Å². The highest BCUT2D eigenvalue weighted by atomic mass is 127. The van der Waals surface area contributed by atoms with Crippen LogP contribution in [0.1, 0.15) is 44.4 Å². The molecule has 1 aromatic heterocycles. The second-order valence-corrected chi connectivity index (χ2v) is 9.02. The van der Waals surface area contributed by atoms with Gasteiger partial charge in [0.05, 0.1) is 24.6 Å². The van der Waals surface area contributed by atoms with Crippen LogP contribution in [-0.4, -0.2) is 64.0 Å². The minimum atomic E-state index is -2.92. The first-order valence-electron chi connectivity index (χ1n) is 9.47. The SMILES string of the molecule is CCNC(=NCC(c1ccco1)N1CCCCC1)NCCCS(C)(=O)=O.I. The molecule has 2 heterocycles. The van der Waals surface area contributed by atoms with Crippen molar-refractivity contribution in [1.29, 1.82) is 0 Å². The van der Waals surface area contributed by atoms with E-state index in [9.17, 15) is 8.42 Å². The van der Waals surface area contributed by atoms with Gasteiger partial charge < -0.3 is 15.1 Å². The first-order chi connectivity index (χ1) is 12.5. The molecule has 0 aliphatic carbocycles. The summed E-state index contributed by atoms with van der Waals surface area (Å²) in [6.45, 7) is 6.09. The number of hydrogen-bond donors (Lipinski definition) is 2. The fourth-order valence-electron chi connectivity index (χ4n) is 3.16. The molecule has 1 aliphatic heterocycles. The zero-order chi connectivity index (χ0) is 18.8. The molecular weight excluding hydrogens is 479 g/mol. The Kier molecular flexibility index (Phi) is 11.3. The highest BCUT2D eigenvalue weighted by Crippen LogP contribution is 2.25. The molecular formula is C18H33IN4O3S. The maximum atomic E-state index is 11.2. The molecule has 7 nitrogen and oxygen atoms in total. The highest BCUT2D eigenvalue weighted by Gasteiger charge is 2.24. The van der Waals surface area contributed by atoms with Gasteiger partial charge in [0.25, 0.3) is 0 Å². The molecule has 1 saturated heterocycles. The van der Waals surface area contributed by atoms with Crippen LogP contribution in [0.25, 0.3) is 0 Å². The number of sulfone groups is 1. The van der Waals surface area contributed by atoms with E-state index < -0.39 is 9.84 Å². The summed E-state index contributed by atoms with van der Waals surface area (Å²) in [5.74, 6) is 1.85. The van der Waals surface area contributed by atoms with Gasteiger partial charge in [-0.05, 0) is 51.4 Å². The van der Waals surface area contributed by atoms with Crippen LogP contribution in [0, 0.1) is 0 Å². The predicted octanol–water partition coefficient (Wildman–Crippen LogP) is 2.41. The molecule has 2 N–H and O–H groups in total. The molecule has 0 aromatic carbocycles. The summed E-state index contributed by atoms with van der Waals surface area (Å²) in [6, 6.07) is 4.07. The summed E-state index contributed by atoms with van der Waals surface area (Å²) >= 11 is 0. The fraction of sp³-hybridized carbons (Fsp3) is 0.722. The van der Waals surface area contributed by atoms with Crippen molar-refractivity contribution in [3.8, 4) is 0 Å². The second-order valence-electron chi connectivity index (χ2n) is 6.76. The van der Waals surface area contributed by atoms with E-state index in [4.69, 9.17) is 9.41 Å². The summed E-state index contributed by atoms with van der Waals surface area (Å²) in [7, 11) is -2.92. The van der Waals surface area contributed by atoms with Gasteiger partial charge in [-0.3, -0.25) is 9.89 Å². The Labute approximate surface area is 180 Å². The lowest BCUT2D eigenvalue weighted by Gasteiger charge is -2.32. The number of halogens is 1. The molecule has 1 aromatic rings. The van der Waals surface area contributed by atoms with Crippen LogP contribution in [0.15, 0.2) is 27.8 Å². The third-order valence-corrected chi connectivity index (χ3v) is 5.48. The number of rotatable bonds is 9. The summed E-state index contributed by atoms with van der Waals surface area (Å²) in [4.78, 5) is 7.17. The Bertz CT molecular complexity index is 644. The van der Waals surface area contributed by atoms with Crippen LogP contribution < -0.4 is 10.6 Å². The Balaban J connectivity index is 0.00000364. The van der Waals surface area contributed by atoms with Crippen LogP contribution in [0.3, 0.4) is 0 Å². The normalized spacial score (nSPS) is 17.2. The van der Waals surface area contributed by atoms with Crippen LogP contribution in [0.5, 0.6) is 0 Å². The van der Waals surface area contributed by atoms with Crippen molar-refractivity contribution in [2.45, 2.75) is 38.6 Å². The monoisotopic (exact) mass is 512 g/mol. The molecule has 1 fully saturated rings. The molecule has 0 bridgehead atoms. The van der Waals surface area contributed by atoms with Crippen molar-refractivity contribution in [2.75, 3.05) is 44.7 Å². The van der Waals surface area contributed by atoms with Crippen molar-refractivity contribution in [1.82, 2.24) is 15.5 Å². The van der Waals surface area contributed by atoms with E-state index in [-0.39, 0.29) is 35.8 Å². The van der Waals surface area contributed by atoms with Gasteiger partial charge in [0.1, 0.15) is 15.6 Å². The van der Waals surface area contributed by atoms with Crippen molar-refractivity contribution in [3.63, 3.8) is 0 Å². The molecule has 27 heavy (non-hydrogen) atoms. The highest BCUT2D eigenvalue weighted by molar-refractivity contribution is 14.0. The van der Waals surface area contributed by atoms with E-state index >= 15 is 0 Å². The number of hydrogen-bond acceptors (Lipinski definition) is 5. The van der Waals surface area contributed by atoms with Gasteiger partial charge in [-0.1, -0.05) is 6.42 Å². The molecule has 0 radical (unpaired) electrons. The second kappa shape index (κ2) is 12.6. The maximum Gasteiger partial charge on any atom is 0.191 e. The molecule has 1 atom stereocenters. The molecule has 156 valence electrons. The Morgan fingerprint density at radius 1 is 1.30 bits per heavy atom. The van der Waals surface area contributed by atoms with Gasteiger partial charge >= 0.3 is 0 Å². The topological polar surface area (TPSA) is 86.9 Å². The first kappa shape index (κ1) is 24.2. The standard InChI is InChI=1S/C18H32N4O3S.HI/c1-3-19-18(20-10-8-14-26(2,23)24)21-15-16(17-9-7-13-25-17)22-11-5-4-6-12-22;/h7,9,13,16H,3-6,8,10-12,14-15H2,1-2H3,(H2,19,20,21);1H. The van der Waals surface area contributed by atoms with E-state index in [1.165, 1.54) is 25.5 Å². The van der Waals surface area contributed by atoms with E-state index in [1.807, 2.05) is 19.1 Å². The average Bonchev–Trinajstić information content (AvgIpc) is 3.13. The molecule has 1 aliphatic rings. The summed E-state index contributed by atoms with van der Waals surface area (Å²) < 4.78 is 28.1. The van der Waals surface area contributed by atoms with Crippen LogP contribution in [-0.2, 0) is 9.84 Å². The van der Waals surface area contributed by atoms with Gasteiger partial charge in [0.15, 0.2) is 5.96 Å². The first-order valence-corrected chi connectivity index (χ1v) is 11.5. The number of likely N-dealkylation sites (tertiary alicyclic amines) is 1. The summed E-state index contributed by atoms with van der Waals surface area (Å²) in [5.41, 5.74) is 0. The molecule has 2 rings (SSSR count). The number of aliphatic imine (C=N–C) groups is 1. The Morgan fingerprint density at radius 2 is 2.04 bits per heavy atom. The van der Waals surface area contributed by atoms with Crippen molar-refractivity contribution in [2.24, 2.45) is 4.99 Å². The minimum absolute atomic E-state index is 0. The minimum Gasteiger partial charge on any atom is -0.468 e. The van der Waals surface area contributed by atoms with Gasteiger partial charge in [-0.25, -0.2) is 8.42 Å². The summed E-state index contributed by atoms with van der Waals surface area (Å²) in [5, 5.41) is 6.45. The molecule has 0 amide bonds. The van der Waals surface area contributed by atoms with E-state index in [1.54, 1.807) is 6.26 Å². The van der Waals surface area contributed by atoms with Gasteiger partial charge in [-0.2, -0.15) is 0 Å². The maximum absolute atomic E-state index is 11.2. The zero-order valence-corrected chi connectivity index (χ0v) is 19.5. The quantitative estimate of drug-likeness (QED) is 0.229. The predicted molar refractivity (Wildman–Crippen MR) is 121 cm³/mol. The largest absolute Gasteiger partial charge is 0.468 e. The number of nitrogens with one attached hydrogen (secondary N) is 2. The Morgan fingerprint density at radius 3 is 2.63 bits per heavy atom. The van der Waals surface area contributed by atoms with Crippen LogP contribution >= 0.6 is 24.0 Å². The zero-order valence-electron chi connectivity index (χ0n) is 16.3. The van der Waals surface area contributed by atoms with Gasteiger partial charge in [0, 0.05) is 19.3 Å². The summed E-state index contributed by atoms with van der Waals surface area (Å²) in [6.07, 6.45) is 7.26. The van der Waals surface area contributed by atoms with E-state index in [0.717, 1.165) is 31.4 Å². The average molecular weight is 512 g/mol. The smallest absolute Gasteiger partial charge is 0.191 e. The van der Waals surface area contributed by atoms with Crippen LogP contribution in [0.2, 0.25) is 0 Å². The van der Waals surface area contributed by atoms with Crippen molar-refractivity contribution < 1.29 is 12.8 Å². The third-order valence-electron chi connectivity index (χ3n) is 4.45. The van der Waals surface area contributed by atoms with Crippen molar-refractivity contribution >= 4 is 39.8 Å². The number of nitrogens with zero attached hydrogens (tertiary/aromatic N) is 2. The Hall–Kier alpha value is -0.810. The number of furan rings is 1. The molecule has 9 heteroatoms. The lowest BCUT2D eigenvalue weighted by molar-refractivity contribution is 0.150. The fourth-order valence-corrected chi connectivity index (χ4v) is 3.83. The molecule has 1 unspecified atom stereocenters. The van der Waals surface area contributed by atoms with Gasteiger partial charge in [-0.15, -0.1) is 24.0 Å². The van der Waals surface area contributed by atoms with Crippen molar-refractivity contribution in [3.05, 3.63) is 24.2 Å². The van der Waals surface area contributed by atoms with E-state index in [2.05, 4.69) is 15.5 Å². The number of guanidine groups is 1. The lowest BCUT2D eigenvalue weighted by Crippen LogP contribution is -2.40. The molecule has 0 spiro atoms.